The molecule has 20 heavy (non-hydrogen) atoms. The Labute approximate surface area is 125 Å². The third-order valence-corrected chi connectivity index (χ3v) is 3.95. The van der Waals surface area contributed by atoms with E-state index in [1.54, 1.807) is 0 Å². The highest BCUT2D eigenvalue weighted by Gasteiger charge is 2.23. The van der Waals surface area contributed by atoms with E-state index in [0.717, 1.165) is 31.3 Å². The standard InChI is InChI=1S/C14H23ClN4O/c1-4-9-20-14-17-12(15)16-13(18-14)19-7-5-11(6-8-19)10(2)3/h10-11H,4-9H2,1-3H3. The van der Waals surface area contributed by atoms with Crippen LogP contribution in [0.2, 0.25) is 5.28 Å². The van der Waals surface area contributed by atoms with Crippen LogP contribution in [-0.2, 0) is 0 Å². The van der Waals surface area contributed by atoms with Gasteiger partial charge in [-0.2, -0.15) is 15.0 Å². The molecule has 0 saturated carbocycles. The topological polar surface area (TPSA) is 51.1 Å². The van der Waals surface area contributed by atoms with Crippen LogP contribution in [0.1, 0.15) is 40.0 Å². The van der Waals surface area contributed by atoms with Crippen molar-refractivity contribution in [3.63, 3.8) is 0 Å². The zero-order chi connectivity index (χ0) is 14.5. The first-order valence-corrected chi connectivity index (χ1v) is 7.77. The summed E-state index contributed by atoms with van der Waals surface area (Å²) in [6, 6.07) is 0.327. The van der Waals surface area contributed by atoms with Crippen LogP contribution in [-0.4, -0.2) is 34.6 Å². The Hall–Kier alpha value is -1.10. The minimum absolute atomic E-state index is 0.201. The summed E-state index contributed by atoms with van der Waals surface area (Å²) >= 11 is 5.96. The molecule has 0 amide bonds. The molecule has 112 valence electrons. The van der Waals surface area contributed by atoms with Crippen molar-refractivity contribution in [1.29, 1.82) is 0 Å². The van der Waals surface area contributed by atoms with Crippen LogP contribution in [0.4, 0.5) is 5.95 Å². The zero-order valence-electron chi connectivity index (χ0n) is 12.5. The molecule has 6 heteroatoms. The Balaban J connectivity index is 2.03. The van der Waals surface area contributed by atoms with Crippen LogP contribution in [0.5, 0.6) is 6.01 Å². The molecule has 1 aromatic heterocycles. The first kappa shape index (κ1) is 15.3. The normalized spacial score (nSPS) is 16.8. The molecule has 2 heterocycles. The van der Waals surface area contributed by atoms with E-state index >= 15 is 0 Å². The smallest absolute Gasteiger partial charge is 0.322 e. The van der Waals surface area contributed by atoms with Crippen molar-refractivity contribution < 1.29 is 4.74 Å². The Morgan fingerprint density at radius 2 is 1.95 bits per heavy atom. The number of piperidine rings is 1. The van der Waals surface area contributed by atoms with Crippen molar-refractivity contribution in [2.45, 2.75) is 40.0 Å². The Kier molecular flexibility index (Phi) is 5.40. The fourth-order valence-corrected chi connectivity index (χ4v) is 2.64. The van der Waals surface area contributed by atoms with Crippen LogP contribution in [0.3, 0.4) is 0 Å². The maximum atomic E-state index is 5.96. The summed E-state index contributed by atoms with van der Waals surface area (Å²) < 4.78 is 5.45. The monoisotopic (exact) mass is 298 g/mol. The predicted octanol–water partition coefficient (Wildman–Crippen LogP) is 3.19. The lowest BCUT2D eigenvalue weighted by Crippen LogP contribution is -2.36. The summed E-state index contributed by atoms with van der Waals surface area (Å²) in [5, 5.41) is 0.201. The second-order valence-corrected chi connectivity index (χ2v) is 5.94. The van der Waals surface area contributed by atoms with E-state index in [4.69, 9.17) is 16.3 Å². The average molecular weight is 299 g/mol. The highest BCUT2D eigenvalue weighted by molar-refractivity contribution is 6.28. The van der Waals surface area contributed by atoms with Crippen molar-refractivity contribution in [1.82, 2.24) is 15.0 Å². The maximum absolute atomic E-state index is 5.96. The highest BCUT2D eigenvalue weighted by atomic mass is 35.5. The molecule has 0 spiro atoms. The van der Waals surface area contributed by atoms with Gasteiger partial charge >= 0.3 is 6.01 Å². The number of nitrogens with zero attached hydrogens (tertiary/aromatic N) is 4. The van der Waals surface area contributed by atoms with Crippen LogP contribution in [0, 0.1) is 11.8 Å². The summed E-state index contributed by atoms with van der Waals surface area (Å²) in [7, 11) is 0. The predicted molar refractivity (Wildman–Crippen MR) is 80.4 cm³/mol. The van der Waals surface area contributed by atoms with Gasteiger partial charge in [0.1, 0.15) is 0 Å². The van der Waals surface area contributed by atoms with Gasteiger partial charge in [0.05, 0.1) is 6.61 Å². The number of hydrogen-bond donors (Lipinski definition) is 0. The molecule has 0 radical (unpaired) electrons. The molecule has 1 aliphatic heterocycles. The van der Waals surface area contributed by atoms with E-state index in [9.17, 15) is 0 Å². The molecule has 0 aliphatic carbocycles. The van der Waals surface area contributed by atoms with E-state index in [0.29, 0.717) is 18.6 Å². The second kappa shape index (κ2) is 7.07. The molecule has 2 rings (SSSR count). The number of rotatable bonds is 5. The molecule has 0 N–H and O–H groups in total. The molecule has 1 aromatic rings. The lowest BCUT2D eigenvalue weighted by atomic mass is 9.87. The molecule has 1 saturated heterocycles. The average Bonchev–Trinajstić information content (AvgIpc) is 2.44. The maximum Gasteiger partial charge on any atom is 0.322 e. The fourth-order valence-electron chi connectivity index (χ4n) is 2.49. The van der Waals surface area contributed by atoms with Gasteiger partial charge < -0.3 is 9.64 Å². The second-order valence-electron chi connectivity index (χ2n) is 5.60. The molecule has 0 unspecified atom stereocenters. The van der Waals surface area contributed by atoms with Gasteiger partial charge in [-0.1, -0.05) is 20.8 Å². The van der Waals surface area contributed by atoms with E-state index in [1.165, 1.54) is 12.8 Å². The van der Waals surface area contributed by atoms with Crippen molar-refractivity contribution in [3.05, 3.63) is 5.28 Å². The molecule has 0 atom stereocenters. The Morgan fingerprint density at radius 3 is 2.55 bits per heavy atom. The van der Waals surface area contributed by atoms with Crippen LogP contribution < -0.4 is 9.64 Å². The van der Waals surface area contributed by atoms with Gasteiger partial charge in [-0.05, 0) is 42.7 Å². The first-order chi connectivity index (χ1) is 9.60. The summed E-state index contributed by atoms with van der Waals surface area (Å²) in [4.78, 5) is 14.8. The van der Waals surface area contributed by atoms with Gasteiger partial charge in [0, 0.05) is 13.1 Å². The molecular formula is C14H23ClN4O. The van der Waals surface area contributed by atoms with Gasteiger partial charge in [-0.15, -0.1) is 0 Å². The summed E-state index contributed by atoms with van der Waals surface area (Å²) in [6.07, 6.45) is 3.26. The molecule has 0 bridgehead atoms. The number of ether oxygens (including phenoxy) is 1. The van der Waals surface area contributed by atoms with E-state index in [1.807, 2.05) is 6.92 Å². The number of aromatic nitrogens is 3. The number of hydrogen-bond acceptors (Lipinski definition) is 5. The van der Waals surface area contributed by atoms with Crippen molar-refractivity contribution in [3.8, 4) is 6.01 Å². The fraction of sp³-hybridized carbons (Fsp3) is 0.786. The summed E-state index contributed by atoms with van der Waals surface area (Å²) in [6.45, 7) is 9.15. The summed E-state index contributed by atoms with van der Waals surface area (Å²) in [5.41, 5.74) is 0. The lowest BCUT2D eigenvalue weighted by Gasteiger charge is -2.33. The third-order valence-electron chi connectivity index (χ3n) is 3.78. The van der Waals surface area contributed by atoms with E-state index in [-0.39, 0.29) is 5.28 Å². The van der Waals surface area contributed by atoms with Crippen LogP contribution in [0.25, 0.3) is 0 Å². The van der Waals surface area contributed by atoms with Gasteiger partial charge in [0.15, 0.2) is 0 Å². The van der Waals surface area contributed by atoms with Gasteiger partial charge in [0.2, 0.25) is 11.2 Å². The summed E-state index contributed by atoms with van der Waals surface area (Å²) in [5.74, 6) is 2.17. The van der Waals surface area contributed by atoms with E-state index in [2.05, 4.69) is 33.7 Å². The molecule has 5 nitrogen and oxygen atoms in total. The quantitative estimate of drug-likeness (QED) is 0.835. The minimum atomic E-state index is 0.201. The Bertz CT molecular complexity index is 433. The van der Waals surface area contributed by atoms with Crippen molar-refractivity contribution in [2.75, 3.05) is 24.6 Å². The largest absolute Gasteiger partial charge is 0.463 e. The SMILES string of the molecule is CCCOc1nc(Cl)nc(N2CCC(C(C)C)CC2)n1. The number of anilines is 1. The highest BCUT2D eigenvalue weighted by Crippen LogP contribution is 2.27. The van der Waals surface area contributed by atoms with Crippen LogP contribution in [0.15, 0.2) is 0 Å². The Morgan fingerprint density at radius 1 is 1.25 bits per heavy atom. The van der Waals surface area contributed by atoms with Crippen molar-refractivity contribution >= 4 is 17.5 Å². The molecule has 1 fully saturated rings. The van der Waals surface area contributed by atoms with Gasteiger partial charge in [-0.25, -0.2) is 0 Å². The molecule has 0 aromatic carbocycles. The molecule has 1 aliphatic rings. The lowest BCUT2D eigenvalue weighted by molar-refractivity contribution is 0.288. The first-order valence-electron chi connectivity index (χ1n) is 7.39. The minimum Gasteiger partial charge on any atom is -0.463 e. The third kappa shape index (κ3) is 3.95. The van der Waals surface area contributed by atoms with Crippen molar-refractivity contribution in [2.24, 2.45) is 11.8 Å². The number of halogens is 1. The molecular weight excluding hydrogens is 276 g/mol. The van der Waals surface area contributed by atoms with E-state index < -0.39 is 0 Å². The van der Waals surface area contributed by atoms with Gasteiger partial charge in [-0.3, -0.25) is 0 Å². The van der Waals surface area contributed by atoms with Gasteiger partial charge in [0.25, 0.3) is 0 Å². The van der Waals surface area contributed by atoms with Crippen LogP contribution >= 0.6 is 11.6 Å². The zero-order valence-corrected chi connectivity index (χ0v) is 13.2.